The van der Waals surface area contributed by atoms with Crippen molar-refractivity contribution in [3.05, 3.63) is 29.3 Å². The lowest BCUT2D eigenvalue weighted by atomic mass is 9.79. The lowest BCUT2D eigenvalue weighted by Crippen LogP contribution is -2.35. The van der Waals surface area contributed by atoms with Crippen LogP contribution in [0.2, 0.25) is 5.02 Å². The highest BCUT2D eigenvalue weighted by Gasteiger charge is 2.63. The summed E-state index contributed by atoms with van der Waals surface area (Å²) >= 11 is 5.82. The van der Waals surface area contributed by atoms with Gasteiger partial charge >= 0.3 is 5.97 Å². The van der Waals surface area contributed by atoms with Crippen LogP contribution in [-0.4, -0.2) is 18.0 Å². The minimum absolute atomic E-state index is 0.0667. The van der Waals surface area contributed by atoms with Crippen molar-refractivity contribution in [2.24, 2.45) is 23.7 Å². The van der Waals surface area contributed by atoms with Gasteiger partial charge in [0.15, 0.2) is 0 Å². The van der Waals surface area contributed by atoms with Crippen molar-refractivity contribution in [1.29, 1.82) is 0 Å². The molecule has 5 heteroatoms. The normalized spacial score (nSPS) is 37.0. The van der Waals surface area contributed by atoms with E-state index in [1.165, 1.54) is 0 Å². The molecule has 5 atom stereocenters. The van der Waals surface area contributed by atoms with Crippen LogP contribution < -0.4 is 5.32 Å². The lowest BCUT2D eigenvalue weighted by molar-refractivity contribution is -0.145. The number of benzene rings is 1. The molecule has 104 valence electrons. The monoisotopic (exact) mass is 291 g/mol. The first-order valence-corrected chi connectivity index (χ1v) is 7.28. The number of anilines is 1. The molecular weight excluding hydrogens is 278 g/mol. The number of fused-ring (bicyclic) bond motifs is 1. The van der Waals surface area contributed by atoms with Gasteiger partial charge in [0, 0.05) is 16.6 Å². The number of halogens is 1. The van der Waals surface area contributed by atoms with Gasteiger partial charge in [-0.1, -0.05) is 11.6 Å². The van der Waals surface area contributed by atoms with Crippen molar-refractivity contribution in [3.8, 4) is 0 Å². The number of esters is 1. The largest absolute Gasteiger partial charge is 0.462 e. The van der Waals surface area contributed by atoms with Crippen LogP contribution in [-0.2, 0) is 14.3 Å². The Hall–Kier alpha value is -1.55. The minimum Gasteiger partial charge on any atom is -0.462 e. The van der Waals surface area contributed by atoms with Gasteiger partial charge in [-0.25, -0.2) is 0 Å². The van der Waals surface area contributed by atoms with Gasteiger partial charge in [-0.2, -0.15) is 0 Å². The molecule has 1 aromatic rings. The predicted octanol–water partition coefficient (Wildman–Crippen LogP) is 2.48. The van der Waals surface area contributed by atoms with Crippen LogP contribution in [0.5, 0.6) is 0 Å². The fraction of sp³-hybridized carbons (Fsp3) is 0.467. The fourth-order valence-electron chi connectivity index (χ4n) is 4.12. The Balaban J connectivity index is 1.54. The lowest BCUT2D eigenvalue weighted by Gasteiger charge is -2.23. The average Bonchev–Trinajstić information content (AvgIpc) is 3.02. The number of carbonyl (C=O) groups is 2. The molecule has 0 unspecified atom stereocenters. The summed E-state index contributed by atoms with van der Waals surface area (Å²) in [5.74, 6) is -0.173. The quantitative estimate of drug-likeness (QED) is 0.852. The molecule has 2 saturated carbocycles. The third kappa shape index (κ3) is 1.67. The molecule has 2 bridgehead atoms. The van der Waals surface area contributed by atoms with Crippen LogP contribution in [0.15, 0.2) is 24.3 Å². The van der Waals surface area contributed by atoms with Gasteiger partial charge in [0.2, 0.25) is 5.91 Å². The van der Waals surface area contributed by atoms with Crippen LogP contribution >= 0.6 is 11.6 Å². The maximum atomic E-state index is 12.5. The summed E-state index contributed by atoms with van der Waals surface area (Å²) in [6, 6.07) is 7.00. The smallest absolute Gasteiger partial charge is 0.310 e. The molecule has 20 heavy (non-hydrogen) atoms. The van der Waals surface area contributed by atoms with E-state index >= 15 is 0 Å². The van der Waals surface area contributed by atoms with E-state index in [1.54, 1.807) is 24.3 Å². The Bertz CT molecular complexity index is 583. The summed E-state index contributed by atoms with van der Waals surface area (Å²) in [6.07, 6.45) is 1.85. The standard InChI is InChI=1S/C15H14ClNO3/c16-8-1-3-9(4-2-8)17-14(18)12-7-5-10-11(6-7)20-15(19)13(10)12/h1-4,7,10-13H,5-6H2,(H,17,18)/t7-,10-,11-,12-,13+/m1/s1. The van der Waals surface area contributed by atoms with E-state index in [-0.39, 0.29) is 41.7 Å². The zero-order valence-corrected chi connectivity index (χ0v) is 11.5. The van der Waals surface area contributed by atoms with Gasteiger partial charge in [0.25, 0.3) is 0 Å². The highest BCUT2D eigenvalue weighted by atomic mass is 35.5. The summed E-state index contributed by atoms with van der Waals surface area (Å²) in [7, 11) is 0. The average molecular weight is 292 g/mol. The molecule has 3 fully saturated rings. The van der Waals surface area contributed by atoms with Crippen LogP contribution in [0, 0.1) is 23.7 Å². The second-order valence-electron chi connectivity index (χ2n) is 5.92. The molecule has 1 N–H and O–H groups in total. The van der Waals surface area contributed by atoms with E-state index in [0.717, 1.165) is 12.8 Å². The summed E-state index contributed by atoms with van der Waals surface area (Å²) < 4.78 is 5.35. The van der Waals surface area contributed by atoms with E-state index in [0.29, 0.717) is 10.7 Å². The van der Waals surface area contributed by atoms with E-state index in [2.05, 4.69) is 5.32 Å². The van der Waals surface area contributed by atoms with Crippen molar-refractivity contribution >= 4 is 29.2 Å². The number of amides is 1. The Kier molecular flexibility index (Phi) is 2.58. The zero-order valence-electron chi connectivity index (χ0n) is 10.7. The number of rotatable bonds is 2. The Morgan fingerprint density at radius 2 is 2.00 bits per heavy atom. The summed E-state index contributed by atoms with van der Waals surface area (Å²) in [6.45, 7) is 0. The van der Waals surface area contributed by atoms with Gasteiger partial charge in [-0.05, 0) is 43.0 Å². The number of hydrogen-bond acceptors (Lipinski definition) is 3. The minimum atomic E-state index is -0.234. The van der Waals surface area contributed by atoms with Crippen LogP contribution in [0.4, 0.5) is 5.69 Å². The first-order chi connectivity index (χ1) is 9.63. The van der Waals surface area contributed by atoms with Gasteiger partial charge in [0.1, 0.15) is 6.10 Å². The maximum Gasteiger partial charge on any atom is 0.310 e. The summed E-state index contributed by atoms with van der Waals surface area (Å²) in [4.78, 5) is 24.4. The van der Waals surface area contributed by atoms with Crippen molar-refractivity contribution in [3.63, 3.8) is 0 Å². The van der Waals surface area contributed by atoms with Crippen molar-refractivity contribution < 1.29 is 14.3 Å². The number of ether oxygens (including phenoxy) is 1. The molecule has 2 aliphatic carbocycles. The Labute approximate surface area is 121 Å². The molecule has 3 aliphatic rings. The molecule has 1 saturated heterocycles. The molecule has 1 amide bonds. The van der Waals surface area contributed by atoms with Crippen molar-refractivity contribution in [2.45, 2.75) is 18.9 Å². The van der Waals surface area contributed by atoms with Gasteiger partial charge in [0.05, 0.1) is 11.8 Å². The molecular formula is C15H14ClNO3. The first-order valence-electron chi connectivity index (χ1n) is 6.90. The molecule has 4 rings (SSSR count). The van der Waals surface area contributed by atoms with Crippen LogP contribution in [0.1, 0.15) is 12.8 Å². The van der Waals surface area contributed by atoms with Crippen LogP contribution in [0.3, 0.4) is 0 Å². The Morgan fingerprint density at radius 1 is 1.25 bits per heavy atom. The van der Waals surface area contributed by atoms with E-state index < -0.39 is 0 Å². The zero-order chi connectivity index (χ0) is 13.9. The highest BCUT2D eigenvalue weighted by Crippen LogP contribution is 2.57. The van der Waals surface area contributed by atoms with Crippen molar-refractivity contribution in [2.75, 3.05) is 5.32 Å². The Morgan fingerprint density at radius 3 is 2.75 bits per heavy atom. The molecule has 0 spiro atoms. The van der Waals surface area contributed by atoms with Gasteiger partial charge < -0.3 is 10.1 Å². The molecule has 0 radical (unpaired) electrons. The highest BCUT2D eigenvalue weighted by molar-refractivity contribution is 6.30. The third-order valence-corrected chi connectivity index (χ3v) is 5.15. The number of nitrogens with one attached hydrogen (secondary N) is 1. The SMILES string of the molecule is O=C(Nc1ccc(Cl)cc1)[C@@H]1[C@@H]2C[C@H]3[C@@H]1C(=O)O[C@@H]3C2. The topological polar surface area (TPSA) is 55.4 Å². The predicted molar refractivity (Wildman–Crippen MR) is 73.2 cm³/mol. The fourth-order valence-corrected chi connectivity index (χ4v) is 4.25. The van der Waals surface area contributed by atoms with E-state index in [1.807, 2.05) is 0 Å². The van der Waals surface area contributed by atoms with E-state index in [9.17, 15) is 9.59 Å². The number of hydrogen-bond donors (Lipinski definition) is 1. The maximum absolute atomic E-state index is 12.5. The van der Waals surface area contributed by atoms with Crippen molar-refractivity contribution in [1.82, 2.24) is 0 Å². The third-order valence-electron chi connectivity index (χ3n) is 4.90. The van der Waals surface area contributed by atoms with Gasteiger partial charge in [-0.15, -0.1) is 0 Å². The number of carbonyl (C=O) groups excluding carboxylic acids is 2. The molecule has 1 heterocycles. The second kappa shape index (κ2) is 4.22. The van der Waals surface area contributed by atoms with Crippen LogP contribution in [0.25, 0.3) is 0 Å². The second-order valence-corrected chi connectivity index (χ2v) is 6.35. The first kappa shape index (κ1) is 12.2. The summed E-state index contributed by atoms with van der Waals surface area (Å²) in [5.41, 5.74) is 0.713. The molecule has 4 nitrogen and oxygen atoms in total. The molecule has 0 aromatic heterocycles. The van der Waals surface area contributed by atoms with E-state index in [4.69, 9.17) is 16.3 Å². The molecule has 1 aromatic carbocycles. The summed E-state index contributed by atoms with van der Waals surface area (Å²) in [5, 5.41) is 3.52. The van der Waals surface area contributed by atoms with Gasteiger partial charge in [-0.3, -0.25) is 9.59 Å². The molecule has 1 aliphatic heterocycles.